The Morgan fingerprint density at radius 2 is 2.27 bits per heavy atom. The maximum absolute atomic E-state index is 10.9. The number of cyclic esters (lactones) is 1. The summed E-state index contributed by atoms with van der Waals surface area (Å²) in [4.78, 5) is 10.9. The van der Waals surface area contributed by atoms with Gasteiger partial charge >= 0.3 is 5.97 Å². The van der Waals surface area contributed by atoms with Gasteiger partial charge in [-0.05, 0) is 18.8 Å². The summed E-state index contributed by atoms with van der Waals surface area (Å²) in [5, 5.41) is 0. The van der Waals surface area contributed by atoms with Crippen LogP contribution in [0.25, 0.3) is 0 Å². The lowest BCUT2D eigenvalue weighted by molar-refractivity contribution is -0.142. The summed E-state index contributed by atoms with van der Waals surface area (Å²) in [7, 11) is 0. The molecule has 0 bridgehead atoms. The number of ether oxygens (including phenoxy) is 1. The van der Waals surface area contributed by atoms with Crippen LogP contribution in [0.2, 0.25) is 0 Å². The van der Waals surface area contributed by atoms with Crippen molar-refractivity contribution in [2.45, 2.75) is 33.3 Å². The third kappa shape index (κ3) is 2.37. The summed E-state index contributed by atoms with van der Waals surface area (Å²) >= 11 is 0. The van der Waals surface area contributed by atoms with E-state index in [0.29, 0.717) is 0 Å². The minimum absolute atomic E-state index is 0.0347. The van der Waals surface area contributed by atoms with Gasteiger partial charge in [0, 0.05) is 6.08 Å². The van der Waals surface area contributed by atoms with Crippen LogP contribution in [-0.2, 0) is 9.53 Å². The molecule has 0 fully saturated rings. The summed E-state index contributed by atoms with van der Waals surface area (Å²) in [6.07, 6.45) is 4.37. The summed E-state index contributed by atoms with van der Waals surface area (Å²) in [5.74, 6) is -0.219. The highest BCUT2D eigenvalue weighted by Gasteiger charge is 2.23. The van der Waals surface area contributed by atoms with Gasteiger partial charge in [0.2, 0.25) is 0 Å². The Balaban J connectivity index is 2.76. The molecule has 0 N–H and O–H groups in total. The van der Waals surface area contributed by atoms with Crippen molar-refractivity contribution in [3.05, 3.63) is 12.2 Å². The van der Waals surface area contributed by atoms with Gasteiger partial charge in [0.1, 0.15) is 6.10 Å². The Morgan fingerprint density at radius 3 is 2.91 bits per heavy atom. The molecule has 0 aliphatic carbocycles. The summed E-state index contributed by atoms with van der Waals surface area (Å²) in [6, 6.07) is 0. The van der Waals surface area contributed by atoms with Gasteiger partial charge < -0.3 is 4.74 Å². The second kappa shape index (κ2) is 2.68. The average molecular weight is 154 g/mol. The van der Waals surface area contributed by atoms with Crippen LogP contribution in [0.5, 0.6) is 0 Å². The standard InChI is InChI=1S/C9H14O2/c1-7-6-9(2,3)5-4-8(10)11-7/h4-5,7H,6H2,1-3H3. The lowest BCUT2D eigenvalue weighted by Gasteiger charge is -2.20. The molecule has 0 saturated heterocycles. The maximum Gasteiger partial charge on any atom is 0.330 e. The number of hydrogen-bond donors (Lipinski definition) is 0. The number of carbonyl (C=O) groups is 1. The molecule has 0 amide bonds. The Morgan fingerprint density at radius 1 is 1.64 bits per heavy atom. The molecule has 0 radical (unpaired) electrons. The van der Waals surface area contributed by atoms with Gasteiger partial charge in [-0.1, -0.05) is 19.9 Å². The smallest absolute Gasteiger partial charge is 0.330 e. The van der Waals surface area contributed by atoms with Crippen molar-refractivity contribution in [1.82, 2.24) is 0 Å². The van der Waals surface area contributed by atoms with Crippen LogP contribution in [-0.4, -0.2) is 12.1 Å². The molecular weight excluding hydrogens is 140 g/mol. The molecule has 11 heavy (non-hydrogen) atoms. The number of allylic oxidation sites excluding steroid dienone is 1. The van der Waals surface area contributed by atoms with Gasteiger partial charge in [-0.3, -0.25) is 0 Å². The molecule has 0 aromatic carbocycles. The highest BCUT2D eigenvalue weighted by molar-refractivity contribution is 5.82. The molecule has 0 spiro atoms. The predicted molar refractivity (Wildman–Crippen MR) is 43.1 cm³/mol. The molecule has 0 aromatic heterocycles. The largest absolute Gasteiger partial charge is 0.459 e. The van der Waals surface area contributed by atoms with Crippen LogP contribution in [0.15, 0.2) is 12.2 Å². The van der Waals surface area contributed by atoms with Crippen molar-refractivity contribution in [2.75, 3.05) is 0 Å². The number of esters is 1. The van der Waals surface area contributed by atoms with E-state index in [4.69, 9.17) is 4.74 Å². The second-order valence-electron chi connectivity index (χ2n) is 3.77. The Labute approximate surface area is 67.2 Å². The van der Waals surface area contributed by atoms with E-state index in [1.54, 1.807) is 0 Å². The van der Waals surface area contributed by atoms with Crippen molar-refractivity contribution in [2.24, 2.45) is 5.41 Å². The first-order valence-corrected chi connectivity index (χ1v) is 3.89. The zero-order valence-electron chi connectivity index (χ0n) is 7.26. The van der Waals surface area contributed by atoms with E-state index in [9.17, 15) is 4.79 Å². The summed E-state index contributed by atoms with van der Waals surface area (Å²) < 4.78 is 5.02. The van der Waals surface area contributed by atoms with E-state index in [1.165, 1.54) is 6.08 Å². The van der Waals surface area contributed by atoms with Crippen molar-refractivity contribution in [3.8, 4) is 0 Å². The van der Waals surface area contributed by atoms with Crippen LogP contribution < -0.4 is 0 Å². The van der Waals surface area contributed by atoms with E-state index in [1.807, 2.05) is 13.0 Å². The molecule has 0 saturated carbocycles. The Bertz CT molecular complexity index is 192. The van der Waals surface area contributed by atoms with Crippen molar-refractivity contribution in [1.29, 1.82) is 0 Å². The topological polar surface area (TPSA) is 26.3 Å². The Kier molecular flexibility index (Phi) is 2.03. The second-order valence-corrected chi connectivity index (χ2v) is 3.77. The van der Waals surface area contributed by atoms with E-state index < -0.39 is 0 Å². The zero-order valence-corrected chi connectivity index (χ0v) is 7.26. The molecule has 1 unspecified atom stereocenters. The molecule has 1 heterocycles. The van der Waals surface area contributed by atoms with Gasteiger partial charge in [0.05, 0.1) is 0 Å². The third-order valence-electron chi connectivity index (χ3n) is 1.80. The fraction of sp³-hybridized carbons (Fsp3) is 0.667. The fourth-order valence-electron chi connectivity index (χ4n) is 1.38. The van der Waals surface area contributed by atoms with Crippen molar-refractivity contribution in [3.63, 3.8) is 0 Å². The molecule has 2 nitrogen and oxygen atoms in total. The first-order chi connectivity index (χ1) is 4.99. The molecule has 62 valence electrons. The molecule has 1 rings (SSSR count). The zero-order chi connectivity index (χ0) is 8.48. The van der Waals surface area contributed by atoms with Gasteiger partial charge in [0.15, 0.2) is 0 Å². The third-order valence-corrected chi connectivity index (χ3v) is 1.80. The minimum Gasteiger partial charge on any atom is -0.459 e. The van der Waals surface area contributed by atoms with Crippen LogP contribution in [0.4, 0.5) is 0 Å². The lowest BCUT2D eigenvalue weighted by atomic mass is 9.87. The monoisotopic (exact) mass is 154 g/mol. The quantitative estimate of drug-likeness (QED) is 0.498. The highest BCUT2D eigenvalue weighted by Crippen LogP contribution is 2.27. The molecule has 1 aliphatic heterocycles. The first-order valence-electron chi connectivity index (χ1n) is 3.89. The van der Waals surface area contributed by atoms with Gasteiger partial charge in [-0.15, -0.1) is 0 Å². The van der Waals surface area contributed by atoms with E-state index in [0.717, 1.165) is 6.42 Å². The van der Waals surface area contributed by atoms with Crippen LogP contribution >= 0.6 is 0 Å². The fourth-order valence-corrected chi connectivity index (χ4v) is 1.38. The average Bonchev–Trinajstić information content (AvgIpc) is 1.90. The summed E-state index contributed by atoms with van der Waals surface area (Å²) in [5.41, 5.74) is 0.0889. The maximum atomic E-state index is 10.9. The number of carbonyl (C=O) groups excluding carboxylic acids is 1. The van der Waals surface area contributed by atoms with E-state index >= 15 is 0 Å². The molecule has 2 heteroatoms. The van der Waals surface area contributed by atoms with Gasteiger partial charge in [-0.2, -0.15) is 0 Å². The van der Waals surface area contributed by atoms with Crippen molar-refractivity contribution < 1.29 is 9.53 Å². The molecule has 0 aromatic rings. The SMILES string of the molecule is CC1CC(C)(C)C=CC(=O)O1. The van der Waals surface area contributed by atoms with Crippen molar-refractivity contribution >= 4 is 5.97 Å². The normalized spacial score (nSPS) is 29.4. The molecule has 1 atom stereocenters. The lowest BCUT2D eigenvalue weighted by Crippen LogP contribution is -2.17. The minimum atomic E-state index is -0.219. The number of rotatable bonds is 0. The van der Waals surface area contributed by atoms with E-state index in [-0.39, 0.29) is 17.5 Å². The van der Waals surface area contributed by atoms with Crippen LogP contribution in [0.1, 0.15) is 27.2 Å². The van der Waals surface area contributed by atoms with Crippen LogP contribution in [0.3, 0.4) is 0 Å². The Hall–Kier alpha value is -0.790. The molecule has 1 aliphatic rings. The van der Waals surface area contributed by atoms with Crippen LogP contribution in [0, 0.1) is 5.41 Å². The number of hydrogen-bond acceptors (Lipinski definition) is 2. The van der Waals surface area contributed by atoms with Gasteiger partial charge in [-0.25, -0.2) is 4.79 Å². The summed E-state index contributed by atoms with van der Waals surface area (Å²) in [6.45, 7) is 6.12. The molecular formula is C9H14O2. The van der Waals surface area contributed by atoms with E-state index in [2.05, 4.69) is 13.8 Å². The van der Waals surface area contributed by atoms with Gasteiger partial charge in [0.25, 0.3) is 0 Å². The highest BCUT2D eigenvalue weighted by atomic mass is 16.5. The predicted octanol–water partition coefficient (Wildman–Crippen LogP) is 1.90. The first kappa shape index (κ1) is 8.31.